The van der Waals surface area contributed by atoms with E-state index in [2.05, 4.69) is 162 Å². The molecule has 4 N–H and O–H groups in total. The van der Waals surface area contributed by atoms with Crippen molar-refractivity contribution in [2.45, 2.75) is 389 Å². The molecule has 16 aliphatic carbocycles. The first-order valence-electron chi connectivity index (χ1n) is 55.6. The van der Waals surface area contributed by atoms with Gasteiger partial charge in [0.15, 0.2) is 34.8 Å². The van der Waals surface area contributed by atoms with Gasteiger partial charge in [-0.15, -0.1) is 21.7 Å². The number of hydrogen-bond acceptors (Lipinski definition) is 14. The van der Waals surface area contributed by atoms with Gasteiger partial charge in [0.2, 0.25) is 0 Å². The second-order valence-electron chi connectivity index (χ2n) is 50.8. The number of aliphatic hydroxyl groups is 4. The number of benzene rings is 3. The largest absolute Gasteiger partial charge is 0.390 e. The molecule has 0 amide bonds. The van der Waals surface area contributed by atoms with Crippen molar-refractivity contribution in [1.82, 2.24) is 45.0 Å². The van der Waals surface area contributed by atoms with Crippen LogP contribution in [0.2, 0.25) is 0 Å². The van der Waals surface area contributed by atoms with E-state index in [1.807, 2.05) is 20.8 Å². The van der Waals surface area contributed by atoms with Crippen LogP contribution in [0.1, 0.15) is 347 Å². The minimum absolute atomic E-state index is 0.0156. The maximum atomic E-state index is 14.5. The maximum Gasteiger partial charge on any atom is 0.159 e. The topological polar surface area (TPSA) is 241 Å². The van der Waals surface area contributed by atoms with Crippen molar-refractivity contribution in [3.05, 3.63) is 72.0 Å². The Kier molecular flexibility index (Phi) is 29.8. The third-order valence-electron chi connectivity index (χ3n) is 44.8. The minimum atomic E-state index is -0.505. The Morgan fingerprint density at radius 2 is 0.711 bits per heavy atom. The van der Waals surface area contributed by atoms with E-state index >= 15 is 0 Å². The summed E-state index contributed by atoms with van der Waals surface area (Å²) in [7, 11) is 0. The Labute approximate surface area is 852 Å². The number of Topliss-reactive ketones (excluding diaryl/α,β-unsaturated/α-hetero) is 4. The fourth-order valence-electron chi connectivity index (χ4n) is 38.2. The highest BCUT2D eigenvalue weighted by Crippen LogP contribution is 2.75. The Bertz CT molecular complexity index is 6000. The highest BCUT2D eigenvalue weighted by Gasteiger charge is 2.69. The van der Waals surface area contributed by atoms with Crippen LogP contribution in [0.5, 0.6) is 0 Å². The predicted octanol–water partition coefficient (Wildman–Crippen LogP) is 24.2. The molecule has 142 heavy (non-hydrogen) atoms. The molecule has 6 aromatic rings. The molecule has 16 fully saturated rings. The molecule has 766 valence electrons. The molecule has 16 aliphatic rings. The molecule has 3 heterocycles. The van der Waals surface area contributed by atoms with Crippen LogP contribution in [0.3, 0.4) is 0 Å². The van der Waals surface area contributed by atoms with E-state index in [-0.39, 0.29) is 99.2 Å². The van der Waals surface area contributed by atoms with Gasteiger partial charge in [0.25, 0.3) is 0 Å². The average molecular weight is 2010 g/mol. The molecule has 3 aromatic heterocycles. The normalized spacial score (nSPS) is 41.8. The van der Waals surface area contributed by atoms with Crippen molar-refractivity contribution in [2.75, 3.05) is 5.33 Å². The first-order valence-corrected chi connectivity index (χ1v) is 56.7. The molecular weight excluding hydrogens is 1840 g/mol. The van der Waals surface area contributed by atoms with E-state index in [1.165, 1.54) is 150 Å². The van der Waals surface area contributed by atoms with Crippen LogP contribution < -0.4 is 0 Å². The highest BCUT2D eigenvalue weighted by atomic mass is 79.9. The molecule has 0 saturated heterocycles. The second kappa shape index (κ2) is 40.5. The number of hydrogen-bond donors (Lipinski definition) is 4. The van der Waals surface area contributed by atoms with E-state index in [4.69, 9.17) is 6.42 Å². The number of aromatic nitrogens is 9. The number of fused-ring (bicyclic) bond motifs is 23. The number of ketones is 4. The Balaban J connectivity index is 0.000000121. The maximum absolute atomic E-state index is 14.5. The van der Waals surface area contributed by atoms with Crippen molar-refractivity contribution in [2.24, 2.45) is 162 Å². The minimum Gasteiger partial charge on any atom is -0.390 e. The predicted molar refractivity (Wildman–Crippen MR) is 554 cm³/mol. The molecule has 0 aliphatic heterocycles. The SMILES string of the molecule is C#CC#CC#CC#CC#CC.CC[C@]12CC[C@@](C)(O)C[C@H]1CC[C@H]1[C@@H]3CC[C@H](C(=O)CBr)[C@@]3(C)CC[C@@H]12.CC[C@]12CC[C@@](C)(O)C[C@H]1CC[C@H]1[C@@H]3CC[C@H](C(=O)Cn4nc5cccc(F)c5n4)[C@@]3(C)CC[C@@H]12.CC[C@]12CC[C@@](C)(O)C[C@H]1CC[C@H]1[C@@H]3CC[C@H](C(=O)Cn4nnc5c(F)cccc54)[C@@]3(C)CC[C@@H]12.CC[C@]12CC[C@@](C)(O)C[C@H]1CC[C@H]1[C@@H]3CC[C@H](C(=O)Cn4nnc5cccc(F)c54)[C@@]3(C)CC[C@@H]12. The van der Waals surface area contributed by atoms with Crippen molar-refractivity contribution in [1.29, 1.82) is 0 Å². The van der Waals surface area contributed by atoms with Gasteiger partial charge >= 0.3 is 0 Å². The van der Waals surface area contributed by atoms with Gasteiger partial charge in [0.1, 0.15) is 53.0 Å². The van der Waals surface area contributed by atoms with Crippen LogP contribution in [-0.2, 0) is 38.8 Å². The van der Waals surface area contributed by atoms with Crippen LogP contribution >= 0.6 is 15.9 Å². The number of carbonyl (C=O) groups is 4. The third kappa shape index (κ3) is 18.6. The number of terminal acetylenes is 1. The summed E-state index contributed by atoms with van der Waals surface area (Å²) < 4.78 is 45.7. The van der Waals surface area contributed by atoms with E-state index in [0.717, 1.165) is 170 Å². The lowest BCUT2D eigenvalue weighted by Crippen LogP contribution is -2.56. The zero-order valence-electron chi connectivity index (χ0n) is 87.4. The number of rotatable bonds is 15. The van der Waals surface area contributed by atoms with Crippen molar-refractivity contribution >= 4 is 72.2 Å². The summed E-state index contributed by atoms with van der Waals surface area (Å²) in [6, 6.07) is 14.4. The summed E-state index contributed by atoms with van der Waals surface area (Å²) in [5.41, 5.74) is 2.39. The zero-order valence-corrected chi connectivity index (χ0v) is 89.0. The summed E-state index contributed by atoms with van der Waals surface area (Å²) in [5.74, 6) is 33.4. The van der Waals surface area contributed by atoms with E-state index < -0.39 is 34.0 Å². The smallest absolute Gasteiger partial charge is 0.159 e. The molecule has 32 atom stereocenters. The Hall–Kier alpha value is -7.55. The molecule has 0 spiro atoms. The Morgan fingerprint density at radius 1 is 0.373 bits per heavy atom. The number of halogens is 4. The molecule has 16 saturated carbocycles. The Morgan fingerprint density at radius 3 is 1.08 bits per heavy atom. The molecule has 22 rings (SSSR count). The van der Waals surface area contributed by atoms with Gasteiger partial charge in [0, 0.05) is 23.7 Å². The van der Waals surface area contributed by atoms with E-state index in [0.29, 0.717) is 114 Å². The summed E-state index contributed by atoms with van der Waals surface area (Å²) in [6.45, 7) is 29.4. The molecule has 0 unspecified atom stereocenters. The van der Waals surface area contributed by atoms with E-state index in [9.17, 15) is 52.8 Å². The number of carbonyl (C=O) groups excluding carboxylic acids is 4. The van der Waals surface area contributed by atoms with Gasteiger partial charge in [-0.1, -0.05) is 106 Å². The highest BCUT2D eigenvalue weighted by molar-refractivity contribution is 9.09. The third-order valence-corrected chi connectivity index (χ3v) is 45.3. The summed E-state index contributed by atoms with van der Waals surface area (Å²) in [5, 5.41) is 68.7. The summed E-state index contributed by atoms with van der Waals surface area (Å²) >= 11 is 3.44. The van der Waals surface area contributed by atoms with Crippen LogP contribution in [0.25, 0.3) is 33.1 Å². The lowest BCUT2D eigenvalue weighted by molar-refractivity contribution is -0.158. The van der Waals surface area contributed by atoms with Crippen molar-refractivity contribution in [3.8, 4) is 59.7 Å². The number of alkyl halides is 1. The van der Waals surface area contributed by atoms with Crippen LogP contribution in [0.15, 0.2) is 54.6 Å². The molecule has 3 aromatic carbocycles. The second-order valence-corrected chi connectivity index (χ2v) is 51.3. The van der Waals surface area contributed by atoms with Crippen LogP contribution in [-0.4, -0.2) is 116 Å². The van der Waals surface area contributed by atoms with Crippen molar-refractivity contribution in [3.63, 3.8) is 0 Å². The van der Waals surface area contributed by atoms with Gasteiger partial charge in [-0.3, -0.25) is 19.2 Å². The van der Waals surface area contributed by atoms with Crippen LogP contribution in [0.4, 0.5) is 13.2 Å². The molecule has 0 bridgehead atoms. The standard InChI is InChI=1S/3C29H40FN3O2.C23H37BrO2.C11H4/c1-4-29-15-14-27(2,35)16-18(29)8-9-19-20-10-11-22(28(20,3)13-12-21(19)29)25(34)17-33-24-7-5-6-23(30)26(24)31-32-33;1-4-29-15-14-27(2,35)16-18(29)8-9-19-20-10-11-22(28(20,3)13-12-21(19)29)25(34)17-33-26-23(30)6-5-7-24(26)31-32-33;1-4-29-15-14-27(2,35)16-18(29)8-9-19-20-10-11-22(28(20,3)13-12-21(19)29)25(34)17-33-31-24-7-5-6-23(30)26(24)32-33;1-4-23-12-11-21(2,26)13-15(23)5-6-16-17-7-8-19(20(25)14-24)22(17,3)10-9-18(16)23;1-3-5-7-9-11-10-8-6-4-2/h3*5-7,18-22,35H,4,8-17H2,1-3H3;15-19,26H,4-14H2,1-3H3;1H,2H3/t3*18-,19+,20+,21+,22-,27-,28+,29+;15-,16+,17+,18+,19-,21-,22+,23+;/m1111./s1. The monoisotopic (exact) mass is 2000 g/mol. The molecule has 17 nitrogen and oxygen atoms in total. The van der Waals surface area contributed by atoms with Crippen LogP contribution in [0, 0.1) is 239 Å². The van der Waals surface area contributed by atoms with Gasteiger partial charge < -0.3 is 20.4 Å². The number of para-hydroxylation sites is 1. The fourth-order valence-corrected chi connectivity index (χ4v) is 38.6. The summed E-state index contributed by atoms with van der Waals surface area (Å²) in [4.78, 5) is 54.9. The first kappa shape index (κ1) is 104. The lowest BCUT2D eigenvalue weighted by Gasteiger charge is -2.63. The fraction of sp³-hybridized carbons (Fsp3) is 0.736. The molecule has 0 radical (unpaired) electrons. The first-order chi connectivity index (χ1) is 67.7. The average Bonchev–Trinajstić information content (AvgIpc) is 1.43. The van der Waals surface area contributed by atoms with Gasteiger partial charge in [-0.25, -0.2) is 22.5 Å². The summed E-state index contributed by atoms with van der Waals surface area (Å²) in [6.07, 6.45) is 50.3. The lowest BCUT2D eigenvalue weighted by atomic mass is 9.42. The van der Waals surface area contributed by atoms with E-state index in [1.54, 1.807) is 48.0 Å². The van der Waals surface area contributed by atoms with Gasteiger partial charge in [-0.05, 0) is 513 Å². The van der Waals surface area contributed by atoms with Gasteiger partial charge in [-0.2, -0.15) is 9.90 Å². The number of nitrogens with zero attached hydrogens (tertiary/aromatic N) is 9. The molecule has 21 heteroatoms. The zero-order chi connectivity index (χ0) is 101. The quantitative estimate of drug-likeness (QED) is 0.0552. The molecular formula is C121H161BrF3N9O8. The van der Waals surface area contributed by atoms with Gasteiger partial charge in [0.05, 0.1) is 33.3 Å². The van der Waals surface area contributed by atoms with Crippen molar-refractivity contribution < 1.29 is 52.8 Å².